The Balaban J connectivity index is 3.11. The summed E-state index contributed by atoms with van der Waals surface area (Å²) in [6.45, 7) is 3.71. The van der Waals surface area contributed by atoms with Crippen molar-refractivity contribution in [1.29, 1.82) is 0 Å². The van der Waals surface area contributed by atoms with Gasteiger partial charge in [-0.2, -0.15) is 13.2 Å². The molecule has 0 fully saturated rings. The minimum atomic E-state index is -4.36. The highest BCUT2D eigenvalue weighted by atomic mass is 19.4. The molecule has 0 aromatic heterocycles. The van der Waals surface area contributed by atoms with Crippen LogP contribution >= 0.6 is 0 Å². The smallest absolute Gasteiger partial charge is 0.416 e. The summed E-state index contributed by atoms with van der Waals surface area (Å²) in [5.41, 5.74) is -0.309. The van der Waals surface area contributed by atoms with Gasteiger partial charge in [-0.3, -0.25) is 0 Å². The summed E-state index contributed by atoms with van der Waals surface area (Å²) >= 11 is 0. The molecule has 1 aromatic carbocycles. The molecule has 0 bridgehead atoms. The second-order valence-electron chi connectivity index (χ2n) is 3.75. The Labute approximate surface area is 92.4 Å². The Hall–Kier alpha value is -1.39. The number of hydrogen-bond acceptors (Lipinski definition) is 2. The van der Waals surface area contributed by atoms with Crippen LogP contribution in [0.1, 0.15) is 19.4 Å². The molecule has 1 aromatic rings. The van der Waals surface area contributed by atoms with Gasteiger partial charge in [0.25, 0.3) is 0 Å². The van der Waals surface area contributed by atoms with Crippen molar-refractivity contribution in [1.82, 2.24) is 0 Å². The van der Waals surface area contributed by atoms with Crippen molar-refractivity contribution in [3.63, 3.8) is 0 Å². The first-order valence-corrected chi connectivity index (χ1v) is 4.85. The number of alkyl halides is 3. The maximum absolute atomic E-state index is 12.5. The van der Waals surface area contributed by atoms with Crippen LogP contribution in [0.15, 0.2) is 18.2 Å². The molecule has 90 valence electrons. The number of ether oxygens (including phenoxy) is 1. The monoisotopic (exact) mass is 233 g/mol. The summed E-state index contributed by atoms with van der Waals surface area (Å²) in [6.07, 6.45) is -4.36. The molecule has 5 heteroatoms. The molecule has 0 unspecified atom stereocenters. The largest absolute Gasteiger partial charge is 0.497 e. The summed E-state index contributed by atoms with van der Waals surface area (Å²) < 4.78 is 42.4. The van der Waals surface area contributed by atoms with E-state index in [0.29, 0.717) is 5.69 Å². The van der Waals surface area contributed by atoms with Gasteiger partial charge in [-0.05, 0) is 26.0 Å². The quantitative estimate of drug-likeness (QED) is 0.862. The minimum absolute atomic E-state index is 0.0631. The fraction of sp³-hybridized carbons (Fsp3) is 0.455. The summed E-state index contributed by atoms with van der Waals surface area (Å²) in [7, 11) is 1.34. The first-order valence-electron chi connectivity index (χ1n) is 4.85. The Bertz CT molecular complexity index is 361. The number of methoxy groups -OCH3 is 1. The predicted octanol–water partition coefficient (Wildman–Crippen LogP) is 3.53. The van der Waals surface area contributed by atoms with Gasteiger partial charge in [0.2, 0.25) is 0 Å². The summed E-state index contributed by atoms with van der Waals surface area (Å²) in [4.78, 5) is 0. The van der Waals surface area contributed by atoms with Crippen LogP contribution in [0.5, 0.6) is 5.75 Å². The highest BCUT2D eigenvalue weighted by Gasteiger charge is 2.31. The number of nitrogens with one attached hydrogen (secondary N) is 1. The molecule has 0 radical (unpaired) electrons. The Morgan fingerprint density at radius 2 is 1.81 bits per heavy atom. The topological polar surface area (TPSA) is 21.3 Å². The molecular formula is C11H14F3NO. The highest BCUT2D eigenvalue weighted by molar-refractivity contribution is 5.52. The van der Waals surface area contributed by atoms with Gasteiger partial charge in [-0.25, -0.2) is 0 Å². The van der Waals surface area contributed by atoms with Crippen LogP contribution in [0.4, 0.5) is 18.9 Å². The molecule has 1 rings (SSSR count). The number of halogens is 3. The molecule has 0 aliphatic rings. The van der Waals surface area contributed by atoms with Crippen molar-refractivity contribution in [2.75, 3.05) is 12.4 Å². The van der Waals surface area contributed by atoms with Crippen molar-refractivity contribution in [3.8, 4) is 5.75 Å². The molecular weight excluding hydrogens is 219 g/mol. The van der Waals surface area contributed by atoms with E-state index in [-0.39, 0.29) is 11.8 Å². The van der Waals surface area contributed by atoms with Gasteiger partial charge < -0.3 is 10.1 Å². The number of rotatable bonds is 3. The normalized spacial score (nSPS) is 11.7. The summed E-state index contributed by atoms with van der Waals surface area (Å²) in [5, 5.41) is 2.91. The van der Waals surface area contributed by atoms with Gasteiger partial charge in [-0.15, -0.1) is 0 Å². The fourth-order valence-electron chi connectivity index (χ4n) is 1.30. The second-order valence-corrected chi connectivity index (χ2v) is 3.75. The van der Waals surface area contributed by atoms with Crippen molar-refractivity contribution >= 4 is 5.69 Å². The summed E-state index contributed by atoms with van der Waals surface area (Å²) in [6, 6.07) is 3.65. The molecule has 0 aliphatic carbocycles. The van der Waals surface area contributed by atoms with Crippen molar-refractivity contribution < 1.29 is 17.9 Å². The van der Waals surface area contributed by atoms with Crippen LogP contribution in [0.25, 0.3) is 0 Å². The van der Waals surface area contributed by atoms with E-state index < -0.39 is 11.7 Å². The summed E-state index contributed by atoms with van der Waals surface area (Å²) in [5.74, 6) is 0.193. The lowest BCUT2D eigenvalue weighted by Gasteiger charge is -2.14. The van der Waals surface area contributed by atoms with E-state index in [1.54, 1.807) is 0 Å². The average molecular weight is 233 g/mol. The minimum Gasteiger partial charge on any atom is -0.497 e. The van der Waals surface area contributed by atoms with Crippen LogP contribution in [0.3, 0.4) is 0 Å². The van der Waals surface area contributed by atoms with Gasteiger partial charge in [0.15, 0.2) is 0 Å². The lowest BCUT2D eigenvalue weighted by Crippen LogP contribution is -2.12. The number of anilines is 1. The van der Waals surface area contributed by atoms with Crippen LogP contribution in [0, 0.1) is 0 Å². The Morgan fingerprint density at radius 3 is 2.25 bits per heavy atom. The van der Waals surface area contributed by atoms with E-state index in [1.165, 1.54) is 13.2 Å². The van der Waals surface area contributed by atoms with E-state index in [9.17, 15) is 13.2 Å². The molecule has 0 atom stereocenters. The molecule has 16 heavy (non-hydrogen) atoms. The van der Waals surface area contributed by atoms with Gasteiger partial charge in [0, 0.05) is 17.8 Å². The van der Waals surface area contributed by atoms with Crippen molar-refractivity contribution in [2.24, 2.45) is 0 Å². The molecule has 0 heterocycles. The van der Waals surface area contributed by atoms with Gasteiger partial charge >= 0.3 is 6.18 Å². The maximum atomic E-state index is 12.5. The predicted molar refractivity (Wildman–Crippen MR) is 56.8 cm³/mol. The van der Waals surface area contributed by atoms with Gasteiger partial charge in [0.05, 0.1) is 12.7 Å². The standard InChI is InChI=1S/C11H14F3NO/c1-7(2)15-9-4-8(11(12,13)14)5-10(6-9)16-3/h4-7,15H,1-3H3. The molecule has 0 spiro atoms. The van der Waals surface area contributed by atoms with Crippen LogP contribution in [-0.4, -0.2) is 13.2 Å². The van der Waals surface area contributed by atoms with E-state index in [1.807, 2.05) is 13.8 Å². The molecule has 1 N–H and O–H groups in total. The third kappa shape index (κ3) is 3.32. The van der Waals surface area contributed by atoms with E-state index >= 15 is 0 Å². The average Bonchev–Trinajstić information content (AvgIpc) is 2.14. The van der Waals surface area contributed by atoms with Crippen LogP contribution in [-0.2, 0) is 6.18 Å². The lowest BCUT2D eigenvalue weighted by atomic mass is 10.1. The fourth-order valence-corrected chi connectivity index (χ4v) is 1.30. The Morgan fingerprint density at radius 1 is 1.19 bits per heavy atom. The third-order valence-electron chi connectivity index (χ3n) is 1.92. The van der Waals surface area contributed by atoms with E-state index in [0.717, 1.165) is 12.1 Å². The maximum Gasteiger partial charge on any atom is 0.416 e. The zero-order valence-electron chi connectivity index (χ0n) is 9.35. The van der Waals surface area contributed by atoms with Crippen LogP contribution in [0.2, 0.25) is 0 Å². The third-order valence-corrected chi connectivity index (χ3v) is 1.92. The zero-order valence-corrected chi connectivity index (χ0v) is 9.35. The molecule has 0 aliphatic heterocycles. The van der Waals surface area contributed by atoms with Crippen molar-refractivity contribution in [2.45, 2.75) is 26.1 Å². The number of benzene rings is 1. The SMILES string of the molecule is COc1cc(NC(C)C)cc(C(F)(F)F)c1. The Kier molecular flexibility index (Phi) is 3.67. The first-order chi connectivity index (χ1) is 7.32. The van der Waals surface area contributed by atoms with Crippen LogP contribution < -0.4 is 10.1 Å². The van der Waals surface area contributed by atoms with Gasteiger partial charge in [-0.1, -0.05) is 0 Å². The highest BCUT2D eigenvalue weighted by Crippen LogP contribution is 2.34. The molecule has 0 amide bonds. The molecule has 2 nitrogen and oxygen atoms in total. The second kappa shape index (κ2) is 4.63. The van der Waals surface area contributed by atoms with E-state index in [4.69, 9.17) is 4.74 Å². The molecule has 0 saturated heterocycles. The lowest BCUT2D eigenvalue weighted by molar-refractivity contribution is -0.137. The number of hydrogen-bond donors (Lipinski definition) is 1. The first kappa shape index (κ1) is 12.7. The van der Waals surface area contributed by atoms with Gasteiger partial charge in [0.1, 0.15) is 5.75 Å². The van der Waals surface area contributed by atoms with Crippen molar-refractivity contribution in [3.05, 3.63) is 23.8 Å². The van der Waals surface area contributed by atoms with E-state index in [2.05, 4.69) is 5.32 Å². The molecule has 0 saturated carbocycles. The zero-order chi connectivity index (χ0) is 12.3.